The van der Waals surface area contributed by atoms with Crippen molar-refractivity contribution in [2.24, 2.45) is 0 Å². The van der Waals surface area contributed by atoms with Gasteiger partial charge >= 0.3 is 0 Å². The van der Waals surface area contributed by atoms with Crippen LogP contribution in [0.1, 0.15) is 29.9 Å². The first-order chi connectivity index (χ1) is 8.33. The van der Waals surface area contributed by atoms with Crippen LogP contribution in [0, 0.1) is 0 Å². The molecule has 0 radical (unpaired) electrons. The largest absolute Gasteiger partial charge is 0.493 e. The Morgan fingerprint density at radius 2 is 2.24 bits per heavy atom. The van der Waals surface area contributed by atoms with E-state index in [4.69, 9.17) is 4.74 Å². The summed E-state index contributed by atoms with van der Waals surface area (Å²) < 4.78 is 9.36. The first-order valence-electron chi connectivity index (χ1n) is 5.50. The highest BCUT2D eigenvalue weighted by atomic mass is 32.1. The Morgan fingerprint density at radius 3 is 2.94 bits per heavy atom. The number of benzene rings is 1. The quantitative estimate of drug-likeness (QED) is 0.885. The Labute approximate surface area is 104 Å². The van der Waals surface area contributed by atoms with Crippen LogP contribution in [0.3, 0.4) is 0 Å². The number of aliphatic hydroxyl groups excluding tert-OH is 1. The lowest BCUT2D eigenvalue weighted by molar-refractivity contribution is 0.214. The van der Waals surface area contributed by atoms with Crippen molar-refractivity contribution in [1.82, 2.24) is 9.59 Å². The number of rotatable bonds is 5. The Bertz CT molecular complexity index is 459. The SMILES string of the molecule is CCCOc1ccccc1C(O)c1cnns1. The van der Waals surface area contributed by atoms with Gasteiger partial charge in [0.2, 0.25) is 0 Å². The zero-order valence-corrected chi connectivity index (χ0v) is 10.4. The van der Waals surface area contributed by atoms with Crippen LogP contribution in [0.4, 0.5) is 0 Å². The van der Waals surface area contributed by atoms with Crippen LogP contribution in [0.5, 0.6) is 5.75 Å². The molecule has 1 N–H and O–H groups in total. The number of ether oxygens (including phenoxy) is 1. The van der Waals surface area contributed by atoms with Crippen molar-refractivity contribution in [3.8, 4) is 5.75 Å². The average Bonchev–Trinajstić information content (AvgIpc) is 2.89. The van der Waals surface area contributed by atoms with Crippen LogP contribution >= 0.6 is 11.5 Å². The predicted octanol–water partition coefficient (Wildman–Crippen LogP) is 2.41. The van der Waals surface area contributed by atoms with Gasteiger partial charge in [-0.15, -0.1) is 5.10 Å². The minimum absolute atomic E-state index is 0.644. The van der Waals surface area contributed by atoms with Crippen LogP contribution in [0.25, 0.3) is 0 Å². The molecule has 0 saturated carbocycles. The number of para-hydroxylation sites is 1. The maximum absolute atomic E-state index is 10.2. The lowest BCUT2D eigenvalue weighted by Gasteiger charge is -2.14. The summed E-state index contributed by atoms with van der Waals surface area (Å²) in [5.74, 6) is 0.718. The van der Waals surface area contributed by atoms with Crippen LogP contribution in [-0.2, 0) is 0 Å². The van der Waals surface area contributed by atoms with E-state index in [-0.39, 0.29) is 0 Å². The lowest BCUT2D eigenvalue weighted by Crippen LogP contribution is -2.03. The summed E-state index contributed by atoms with van der Waals surface area (Å²) >= 11 is 1.19. The first kappa shape index (κ1) is 12.0. The molecule has 0 aliphatic heterocycles. The van der Waals surface area contributed by atoms with Gasteiger partial charge in [0.25, 0.3) is 0 Å². The predicted molar refractivity (Wildman–Crippen MR) is 66.2 cm³/mol. The third-order valence-electron chi connectivity index (χ3n) is 2.32. The van der Waals surface area contributed by atoms with Gasteiger partial charge in [-0.2, -0.15) is 0 Å². The third kappa shape index (κ3) is 2.81. The van der Waals surface area contributed by atoms with Crippen molar-refractivity contribution >= 4 is 11.5 Å². The number of nitrogens with zero attached hydrogens (tertiary/aromatic N) is 2. The number of aromatic nitrogens is 2. The van der Waals surface area contributed by atoms with Gasteiger partial charge in [-0.05, 0) is 24.0 Å². The van der Waals surface area contributed by atoms with E-state index in [0.717, 1.165) is 22.6 Å². The summed E-state index contributed by atoms with van der Waals surface area (Å²) in [5.41, 5.74) is 0.756. The molecule has 1 atom stereocenters. The monoisotopic (exact) mass is 250 g/mol. The minimum atomic E-state index is -0.719. The molecular formula is C12H14N2O2S. The second-order valence-electron chi connectivity index (χ2n) is 3.61. The summed E-state index contributed by atoms with van der Waals surface area (Å²) in [7, 11) is 0. The fourth-order valence-electron chi connectivity index (χ4n) is 1.50. The van der Waals surface area contributed by atoms with E-state index in [1.54, 1.807) is 6.20 Å². The molecular weight excluding hydrogens is 236 g/mol. The van der Waals surface area contributed by atoms with Gasteiger partial charge in [0.15, 0.2) is 0 Å². The van der Waals surface area contributed by atoms with E-state index in [2.05, 4.69) is 9.59 Å². The van der Waals surface area contributed by atoms with Crippen molar-refractivity contribution < 1.29 is 9.84 Å². The molecule has 2 aromatic rings. The zero-order valence-electron chi connectivity index (χ0n) is 9.54. The Hall–Kier alpha value is -1.46. The first-order valence-corrected chi connectivity index (χ1v) is 6.27. The van der Waals surface area contributed by atoms with Gasteiger partial charge in [0.1, 0.15) is 11.9 Å². The van der Waals surface area contributed by atoms with Gasteiger partial charge in [0, 0.05) is 5.56 Å². The molecule has 1 aromatic carbocycles. The molecule has 1 aromatic heterocycles. The molecule has 5 heteroatoms. The standard InChI is InChI=1S/C12H14N2O2S/c1-2-7-16-10-6-4-3-5-9(10)12(15)11-8-13-14-17-11/h3-6,8,12,15H,2,7H2,1H3. The van der Waals surface area contributed by atoms with Gasteiger partial charge < -0.3 is 9.84 Å². The molecule has 0 spiro atoms. The molecule has 1 heterocycles. The molecule has 0 aliphatic carbocycles. The highest BCUT2D eigenvalue weighted by Gasteiger charge is 2.17. The van der Waals surface area contributed by atoms with Crippen LogP contribution in [-0.4, -0.2) is 21.3 Å². The van der Waals surface area contributed by atoms with Gasteiger partial charge in [0.05, 0.1) is 17.7 Å². The average molecular weight is 250 g/mol. The molecule has 4 nitrogen and oxygen atoms in total. The number of hydrogen-bond acceptors (Lipinski definition) is 5. The molecule has 1 unspecified atom stereocenters. The second-order valence-corrected chi connectivity index (χ2v) is 4.43. The smallest absolute Gasteiger partial charge is 0.125 e. The Morgan fingerprint density at radius 1 is 1.41 bits per heavy atom. The van der Waals surface area contributed by atoms with E-state index in [1.807, 2.05) is 31.2 Å². The number of aliphatic hydroxyl groups is 1. The highest BCUT2D eigenvalue weighted by Crippen LogP contribution is 2.30. The van der Waals surface area contributed by atoms with Crippen LogP contribution < -0.4 is 4.74 Å². The molecule has 0 saturated heterocycles. The normalized spacial score (nSPS) is 12.4. The summed E-state index contributed by atoms with van der Waals surface area (Å²) in [5, 5.41) is 13.9. The summed E-state index contributed by atoms with van der Waals surface area (Å²) in [6, 6.07) is 7.50. The summed E-state index contributed by atoms with van der Waals surface area (Å²) in [6.45, 7) is 2.69. The van der Waals surface area contributed by atoms with Crippen LogP contribution in [0.2, 0.25) is 0 Å². The topological polar surface area (TPSA) is 55.2 Å². The maximum atomic E-state index is 10.2. The van der Waals surface area contributed by atoms with Crippen LogP contribution in [0.15, 0.2) is 30.5 Å². The van der Waals surface area contributed by atoms with Gasteiger partial charge in [-0.25, -0.2) is 0 Å². The van der Waals surface area contributed by atoms with E-state index in [9.17, 15) is 5.11 Å². The molecule has 2 rings (SSSR count). The molecule has 0 amide bonds. The fraction of sp³-hybridized carbons (Fsp3) is 0.333. The Kier molecular flexibility index (Phi) is 4.06. The molecule has 0 fully saturated rings. The molecule has 0 bridgehead atoms. The molecule has 0 aliphatic rings. The summed E-state index contributed by atoms with van der Waals surface area (Å²) in [6.07, 6.45) is 1.79. The number of hydrogen-bond donors (Lipinski definition) is 1. The third-order valence-corrected chi connectivity index (χ3v) is 3.04. The maximum Gasteiger partial charge on any atom is 0.125 e. The van der Waals surface area contributed by atoms with Crippen molar-refractivity contribution in [3.05, 3.63) is 40.9 Å². The fourth-order valence-corrected chi connectivity index (χ4v) is 2.01. The second kappa shape index (κ2) is 5.75. The van der Waals surface area contributed by atoms with Gasteiger partial charge in [-0.3, -0.25) is 0 Å². The van der Waals surface area contributed by atoms with E-state index in [0.29, 0.717) is 6.61 Å². The molecule has 17 heavy (non-hydrogen) atoms. The van der Waals surface area contributed by atoms with E-state index < -0.39 is 6.10 Å². The zero-order chi connectivity index (χ0) is 12.1. The van der Waals surface area contributed by atoms with Crippen molar-refractivity contribution in [2.45, 2.75) is 19.4 Å². The van der Waals surface area contributed by atoms with Crippen molar-refractivity contribution in [1.29, 1.82) is 0 Å². The van der Waals surface area contributed by atoms with Gasteiger partial charge in [-0.1, -0.05) is 29.6 Å². The highest BCUT2D eigenvalue weighted by molar-refractivity contribution is 7.05. The van der Waals surface area contributed by atoms with Crippen molar-refractivity contribution in [3.63, 3.8) is 0 Å². The minimum Gasteiger partial charge on any atom is -0.493 e. The molecule has 90 valence electrons. The van der Waals surface area contributed by atoms with E-state index in [1.165, 1.54) is 11.5 Å². The lowest BCUT2D eigenvalue weighted by atomic mass is 10.1. The summed E-state index contributed by atoms with van der Waals surface area (Å²) in [4.78, 5) is 0.720. The van der Waals surface area contributed by atoms with E-state index >= 15 is 0 Å². The van der Waals surface area contributed by atoms with Crippen molar-refractivity contribution in [2.75, 3.05) is 6.61 Å². The Balaban J connectivity index is 2.25.